The maximum absolute atomic E-state index is 12.2. The van der Waals surface area contributed by atoms with E-state index in [1.54, 1.807) is 12.1 Å². The van der Waals surface area contributed by atoms with Gasteiger partial charge in [0.05, 0.1) is 13.5 Å². The number of halogens is 2. The summed E-state index contributed by atoms with van der Waals surface area (Å²) in [6.07, 6.45) is 0.321. The van der Waals surface area contributed by atoms with Gasteiger partial charge in [-0.05, 0) is 29.1 Å². The maximum Gasteiger partial charge on any atom is 0.387 e. The number of thiophene rings is 1. The van der Waals surface area contributed by atoms with Gasteiger partial charge in [0.1, 0.15) is 0 Å². The number of methoxy groups -OCH3 is 1. The Labute approximate surface area is 130 Å². The number of alkyl halides is 2. The molecule has 1 N–H and O–H groups in total. The Morgan fingerprint density at radius 1 is 1.32 bits per heavy atom. The number of hydrogen-bond donors (Lipinski definition) is 1. The summed E-state index contributed by atoms with van der Waals surface area (Å²) < 4.78 is 33.8. The summed E-state index contributed by atoms with van der Waals surface area (Å²) >= 11 is 1.52. The summed E-state index contributed by atoms with van der Waals surface area (Å²) in [6, 6.07) is 8.34. The molecular weight excluding hydrogens is 312 g/mol. The Hall–Kier alpha value is -2.15. The smallest absolute Gasteiger partial charge is 0.387 e. The van der Waals surface area contributed by atoms with E-state index in [0.717, 1.165) is 10.4 Å². The maximum atomic E-state index is 12.2. The first-order valence-electron chi connectivity index (χ1n) is 6.49. The van der Waals surface area contributed by atoms with Crippen molar-refractivity contribution in [1.82, 2.24) is 5.32 Å². The molecular formula is C15H15F2NO3S. The molecule has 0 fully saturated rings. The Bertz CT molecular complexity index is 617. The first-order valence-corrected chi connectivity index (χ1v) is 7.37. The van der Waals surface area contributed by atoms with Gasteiger partial charge in [0.15, 0.2) is 11.5 Å². The van der Waals surface area contributed by atoms with Gasteiger partial charge in [-0.2, -0.15) is 8.78 Å². The van der Waals surface area contributed by atoms with Crippen molar-refractivity contribution >= 4 is 17.2 Å². The second-order valence-electron chi connectivity index (χ2n) is 4.40. The van der Waals surface area contributed by atoms with Crippen molar-refractivity contribution in [1.29, 1.82) is 0 Å². The SMILES string of the molecule is COc1cc(CNC(=O)Cc2cccs2)ccc1OC(F)F. The highest BCUT2D eigenvalue weighted by molar-refractivity contribution is 7.10. The van der Waals surface area contributed by atoms with Gasteiger partial charge in [-0.25, -0.2) is 0 Å². The largest absolute Gasteiger partial charge is 0.493 e. The number of carbonyl (C=O) groups excluding carboxylic acids is 1. The molecule has 22 heavy (non-hydrogen) atoms. The summed E-state index contributed by atoms with van der Waals surface area (Å²) in [5, 5.41) is 4.68. The average Bonchev–Trinajstić information content (AvgIpc) is 2.98. The van der Waals surface area contributed by atoms with Gasteiger partial charge in [0.2, 0.25) is 5.91 Å². The molecule has 4 nitrogen and oxygen atoms in total. The molecule has 1 amide bonds. The van der Waals surface area contributed by atoms with Gasteiger partial charge >= 0.3 is 6.61 Å². The van der Waals surface area contributed by atoms with Crippen LogP contribution in [0, 0.1) is 0 Å². The molecule has 0 unspecified atom stereocenters. The molecule has 2 aromatic rings. The summed E-state index contributed by atoms with van der Waals surface area (Å²) in [4.78, 5) is 12.8. The second kappa shape index (κ2) is 7.74. The monoisotopic (exact) mass is 327 g/mol. The van der Waals surface area contributed by atoms with E-state index in [4.69, 9.17) is 4.74 Å². The van der Waals surface area contributed by atoms with E-state index < -0.39 is 6.61 Å². The predicted molar refractivity (Wildman–Crippen MR) is 79.5 cm³/mol. The molecule has 0 radical (unpaired) electrons. The molecule has 2 rings (SSSR count). The number of nitrogens with one attached hydrogen (secondary N) is 1. The number of carbonyl (C=O) groups is 1. The van der Waals surface area contributed by atoms with Crippen LogP contribution in [0.15, 0.2) is 35.7 Å². The highest BCUT2D eigenvalue weighted by Crippen LogP contribution is 2.29. The van der Waals surface area contributed by atoms with Crippen LogP contribution in [0.25, 0.3) is 0 Å². The van der Waals surface area contributed by atoms with Crippen molar-refractivity contribution in [3.05, 3.63) is 46.2 Å². The molecule has 1 aromatic heterocycles. The lowest BCUT2D eigenvalue weighted by atomic mass is 10.2. The molecule has 1 aromatic carbocycles. The minimum absolute atomic E-state index is 0.0360. The van der Waals surface area contributed by atoms with Crippen LogP contribution in [-0.2, 0) is 17.8 Å². The molecule has 1 heterocycles. The first kappa shape index (κ1) is 16.2. The topological polar surface area (TPSA) is 47.6 Å². The summed E-state index contributed by atoms with van der Waals surface area (Å²) in [5.74, 6) is 0.0609. The molecule has 118 valence electrons. The predicted octanol–water partition coefficient (Wildman–Crippen LogP) is 3.22. The van der Waals surface area contributed by atoms with E-state index in [2.05, 4.69) is 10.1 Å². The van der Waals surface area contributed by atoms with Crippen LogP contribution in [0.2, 0.25) is 0 Å². The zero-order valence-electron chi connectivity index (χ0n) is 11.8. The first-order chi connectivity index (χ1) is 10.6. The van der Waals surface area contributed by atoms with E-state index in [-0.39, 0.29) is 24.0 Å². The van der Waals surface area contributed by atoms with Crippen LogP contribution in [0.3, 0.4) is 0 Å². The van der Waals surface area contributed by atoms with Crippen LogP contribution in [0.5, 0.6) is 11.5 Å². The lowest BCUT2D eigenvalue weighted by Crippen LogP contribution is -2.24. The van der Waals surface area contributed by atoms with E-state index >= 15 is 0 Å². The van der Waals surface area contributed by atoms with Gasteiger partial charge < -0.3 is 14.8 Å². The van der Waals surface area contributed by atoms with Crippen molar-refractivity contribution in [2.24, 2.45) is 0 Å². The summed E-state index contributed by atoms with van der Waals surface area (Å²) in [6.45, 7) is -2.62. The van der Waals surface area contributed by atoms with E-state index in [1.165, 1.54) is 24.5 Å². The quantitative estimate of drug-likeness (QED) is 0.849. The van der Waals surface area contributed by atoms with Gasteiger partial charge in [0, 0.05) is 11.4 Å². The number of hydrogen-bond acceptors (Lipinski definition) is 4. The fourth-order valence-electron chi connectivity index (χ4n) is 1.85. The lowest BCUT2D eigenvalue weighted by molar-refractivity contribution is -0.120. The molecule has 0 spiro atoms. The number of rotatable bonds is 7. The summed E-state index contributed by atoms with van der Waals surface area (Å²) in [5.41, 5.74) is 0.734. The molecule has 0 bridgehead atoms. The molecule has 0 aliphatic carbocycles. The van der Waals surface area contributed by atoms with Crippen molar-refractivity contribution in [2.45, 2.75) is 19.6 Å². The van der Waals surface area contributed by atoms with E-state index in [9.17, 15) is 13.6 Å². The molecule has 0 aliphatic heterocycles. The zero-order valence-corrected chi connectivity index (χ0v) is 12.7. The fourth-order valence-corrected chi connectivity index (χ4v) is 2.55. The lowest BCUT2D eigenvalue weighted by Gasteiger charge is -2.11. The van der Waals surface area contributed by atoms with Crippen molar-refractivity contribution in [3.63, 3.8) is 0 Å². The molecule has 0 saturated heterocycles. The van der Waals surface area contributed by atoms with Gasteiger partial charge in [-0.1, -0.05) is 12.1 Å². The van der Waals surface area contributed by atoms with Gasteiger partial charge in [0.25, 0.3) is 0 Å². The fraction of sp³-hybridized carbons (Fsp3) is 0.267. The third-order valence-electron chi connectivity index (χ3n) is 2.85. The van der Waals surface area contributed by atoms with Crippen molar-refractivity contribution in [3.8, 4) is 11.5 Å². The van der Waals surface area contributed by atoms with Gasteiger partial charge in [-0.3, -0.25) is 4.79 Å². The Morgan fingerprint density at radius 3 is 2.77 bits per heavy atom. The molecule has 0 atom stereocenters. The minimum atomic E-state index is -2.91. The Kier molecular flexibility index (Phi) is 5.71. The van der Waals surface area contributed by atoms with Crippen LogP contribution >= 0.6 is 11.3 Å². The van der Waals surface area contributed by atoms with Gasteiger partial charge in [-0.15, -0.1) is 11.3 Å². The Morgan fingerprint density at radius 2 is 2.14 bits per heavy atom. The van der Waals surface area contributed by atoms with Crippen LogP contribution in [-0.4, -0.2) is 19.6 Å². The minimum Gasteiger partial charge on any atom is -0.493 e. The van der Waals surface area contributed by atoms with Crippen molar-refractivity contribution < 1.29 is 23.0 Å². The second-order valence-corrected chi connectivity index (χ2v) is 5.43. The summed E-state index contributed by atoms with van der Waals surface area (Å²) in [7, 11) is 1.37. The molecule has 0 saturated carbocycles. The normalized spacial score (nSPS) is 10.5. The zero-order chi connectivity index (χ0) is 15.9. The Balaban J connectivity index is 1.93. The van der Waals surface area contributed by atoms with Crippen LogP contribution in [0.1, 0.15) is 10.4 Å². The van der Waals surface area contributed by atoms with Crippen LogP contribution < -0.4 is 14.8 Å². The number of benzene rings is 1. The van der Waals surface area contributed by atoms with E-state index in [1.807, 2.05) is 17.5 Å². The number of ether oxygens (including phenoxy) is 2. The van der Waals surface area contributed by atoms with Crippen LogP contribution in [0.4, 0.5) is 8.78 Å². The third kappa shape index (κ3) is 4.70. The van der Waals surface area contributed by atoms with Crippen molar-refractivity contribution in [2.75, 3.05) is 7.11 Å². The highest BCUT2D eigenvalue weighted by Gasteiger charge is 2.11. The standard InChI is InChI=1S/C15H15F2NO3S/c1-20-13-7-10(4-5-12(13)21-15(16)17)9-18-14(19)8-11-3-2-6-22-11/h2-7,15H,8-9H2,1H3,(H,18,19). The highest BCUT2D eigenvalue weighted by atomic mass is 32.1. The third-order valence-corrected chi connectivity index (χ3v) is 3.73. The van der Waals surface area contributed by atoms with E-state index in [0.29, 0.717) is 6.42 Å². The molecule has 7 heteroatoms. The molecule has 0 aliphatic rings. The number of amides is 1. The average molecular weight is 327 g/mol.